The third-order valence-corrected chi connectivity index (χ3v) is 3.62. The molecular formula is C17H19N3O3. The molecule has 0 aliphatic heterocycles. The first-order valence-electron chi connectivity index (χ1n) is 7.26. The zero-order chi connectivity index (χ0) is 17.0. The van der Waals surface area contributed by atoms with Crippen LogP contribution in [0.15, 0.2) is 30.5 Å². The number of benzene rings is 1. The summed E-state index contributed by atoms with van der Waals surface area (Å²) in [4.78, 5) is 24.9. The van der Waals surface area contributed by atoms with Gasteiger partial charge in [-0.05, 0) is 13.0 Å². The quantitative estimate of drug-likeness (QED) is 0.649. The average molecular weight is 313 g/mol. The first kappa shape index (κ1) is 16.7. The zero-order valence-corrected chi connectivity index (χ0v) is 13.4. The number of para-hydroxylation sites is 1. The second-order valence-electron chi connectivity index (χ2n) is 5.46. The molecule has 0 fully saturated rings. The van der Waals surface area contributed by atoms with Crippen LogP contribution in [0, 0.1) is 17.2 Å². The molecule has 0 spiro atoms. The highest BCUT2D eigenvalue weighted by molar-refractivity contribution is 6.17. The van der Waals surface area contributed by atoms with Crippen molar-refractivity contribution in [1.29, 1.82) is 5.26 Å². The van der Waals surface area contributed by atoms with E-state index in [1.807, 2.05) is 41.9 Å². The smallest absolute Gasteiger partial charge is 0.245 e. The molecule has 23 heavy (non-hydrogen) atoms. The molecule has 0 aliphatic rings. The van der Waals surface area contributed by atoms with E-state index < -0.39 is 17.6 Å². The van der Waals surface area contributed by atoms with Crippen LogP contribution in [0.5, 0.6) is 0 Å². The van der Waals surface area contributed by atoms with E-state index in [1.54, 1.807) is 13.1 Å². The minimum Gasteiger partial charge on any atom is -0.383 e. The van der Waals surface area contributed by atoms with E-state index in [0.717, 1.165) is 10.9 Å². The molecule has 1 amide bonds. The number of Topliss-reactive ketones (excluding diaryl/α,β-unsaturated/α-hetero) is 1. The van der Waals surface area contributed by atoms with Gasteiger partial charge in [0.15, 0.2) is 11.7 Å². The predicted molar refractivity (Wildman–Crippen MR) is 85.8 cm³/mol. The van der Waals surface area contributed by atoms with Crippen molar-refractivity contribution in [1.82, 2.24) is 9.88 Å². The van der Waals surface area contributed by atoms with Gasteiger partial charge >= 0.3 is 0 Å². The average Bonchev–Trinajstić information content (AvgIpc) is 2.85. The Kier molecular flexibility index (Phi) is 5.14. The molecule has 0 radical (unpaired) electrons. The maximum atomic E-state index is 12.7. The Bertz CT molecular complexity index is 773. The van der Waals surface area contributed by atoms with Crippen molar-refractivity contribution in [3.63, 3.8) is 0 Å². The number of ether oxygens (including phenoxy) is 1. The standard InChI is InChI=1S/C17H19N3O3/c1-11(10-23-3)19-17(22)13(8-18)16(21)14-9-20(2)15-7-5-4-6-12(14)15/h4-7,9,11,13H,10H2,1-3H3,(H,19,22)/t11-,13+/m0/s1. The van der Waals surface area contributed by atoms with Crippen LogP contribution in [-0.2, 0) is 16.6 Å². The van der Waals surface area contributed by atoms with Crippen LogP contribution in [0.4, 0.5) is 0 Å². The summed E-state index contributed by atoms with van der Waals surface area (Å²) in [6.07, 6.45) is 1.66. The molecule has 1 heterocycles. The van der Waals surface area contributed by atoms with Crippen molar-refractivity contribution >= 4 is 22.6 Å². The van der Waals surface area contributed by atoms with Crippen molar-refractivity contribution in [3.05, 3.63) is 36.0 Å². The van der Waals surface area contributed by atoms with Crippen LogP contribution >= 0.6 is 0 Å². The van der Waals surface area contributed by atoms with Crippen LogP contribution in [0.3, 0.4) is 0 Å². The van der Waals surface area contributed by atoms with E-state index in [9.17, 15) is 14.9 Å². The summed E-state index contributed by atoms with van der Waals surface area (Å²) < 4.78 is 6.75. The molecule has 1 aromatic heterocycles. The second-order valence-corrected chi connectivity index (χ2v) is 5.46. The molecule has 1 N–H and O–H groups in total. The number of nitriles is 1. The normalized spacial score (nSPS) is 13.3. The van der Waals surface area contributed by atoms with Gasteiger partial charge in [-0.1, -0.05) is 18.2 Å². The second kappa shape index (κ2) is 7.07. The topological polar surface area (TPSA) is 84.1 Å². The van der Waals surface area contributed by atoms with Gasteiger partial charge in [-0.3, -0.25) is 9.59 Å². The Hall–Kier alpha value is -2.65. The van der Waals surface area contributed by atoms with Gasteiger partial charge < -0.3 is 14.6 Å². The van der Waals surface area contributed by atoms with Gasteiger partial charge in [-0.25, -0.2) is 0 Å². The minimum atomic E-state index is -1.37. The lowest BCUT2D eigenvalue weighted by atomic mass is 9.97. The molecule has 2 aromatic rings. The Morgan fingerprint density at radius 1 is 1.39 bits per heavy atom. The summed E-state index contributed by atoms with van der Waals surface area (Å²) in [5, 5.41) is 12.6. The maximum Gasteiger partial charge on any atom is 0.245 e. The van der Waals surface area contributed by atoms with Crippen molar-refractivity contribution in [2.24, 2.45) is 13.0 Å². The monoisotopic (exact) mass is 313 g/mol. The van der Waals surface area contributed by atoms with Gasteiger partial charge in [-0.2, -0.15) is 5.26 Å². The SMILES string of the molecule is COC[C@H](C)NC(=O)[C@H](C#N)C(=O)c1cn(C)c2ccccc12. The number of nitrogens with zero attached hydrogens (tertiary/aromatic N) is 2. The van der Waals surface area contributed by atoms with Gasteiger partial charge in [0.05, 0.1) is 12.7 Å². The van der Waals surface area contributed by atoms with Gasteiger partial charge in [0.25, 0.3) is 0 Å². The molecule has 2 atom stereocenters. The first-order chi connectivity index (χ1) is 11.0. The lowest BCUT2D eigenvalue weighted by molar-refractivity contribution is -0.123. The number of rotatable bonds is 6. The first-order valence-corrected chi connectivity index (χ1v) is 7.26. The number of carbonyl (C=O) groups is 2. The Morgan fingerprint density at radius 2 is 2.09 bits per heavy atom. The summed E-state index contributed by atoms with van der Waals surface area (Å²) in [5.74, 6) is -2.47. The Balaban J connectivity index is 2.29. The predicted octanol–water partition coefficient (Wildman–Crippen LogP) is 1.65. The lowest BCUT2D eigenvalue weighted by Gasteiger charge is -2.14. The van der Waals surface area contributed by atoms with E-state index in [-0.39, 0.29) is 6.04 Å². The molecule has 6 nitrogen and oxygen atoms in total. The zero-order valence-electron chi connectivity index (χ0n) is 13.4. The molecule has 0 unspecified atom stereocenters. The highest BCUT2D eigenvalue weighted by Gasteiger charge is 2.30. The van der Waals surface area contributed by atoms with Crippen LogP contribution in [0.1, 0.15) is 17.3 Å². The lowest BCUT2D eigenvalue weighted by Crippen LogP contribution is -2.41. The van der Waals surface area contributed by atoms with Gasteiger partial charge in [0, 0.05) is 42.9 Å². The fourth-order valence-corrected chi connectivity index (χ4v) is 2.55. The molecule has 6 heteroatoms. The van der Waals surface area contributed by atoms with E-state index in [1.165, 1.54) is 7.11 Å². The number of amides is 1. The highest BCUT2D eigenvalue weighted by Crippen LogP contribution is 2.23. The van der Waals surface area contributed by atoms with Crippen molar-refractivity contribution in [2.75, 3.05) is 13.7 Å². The number of methoxy groups -OCH3 is 1. The molecule has 0 saturated carbocycles. The number of nitrogens with one attached hydrogen (secondary N) is 1. The van der Waals surface area contributed by atoms with Crippen LogP contribution in [0.25, 0.3) is 10.9 Å². The van der Waals surface area contributed by atoms with Gasteiger partial charge in [-0.15, -0.1) is 0 Å². The Labute approximate surface area is 134 Å². The fraction of sp³-hybridized carbons (Fsp3) is 0.353. The number of fused-ring (bicyclic) bond motifs is 1. The summed E-state index contributed by atoms with van der Waals surface area (Å²) in [7, 11) is 3.34. The van der Waals surface area contributed by atoms with E-state index in [4.69, 9.17) is 4.74 Å². The molecular weight excluding hydrogens is 294 g/mol. The van der Waals surface area contributed by atoms with Crippen LogP contribution < -0.4 is 5.32 Å². The van der Waals surface area contributed by atoms with Crippen LogP contribution in [-0.4, -0.2) is 36.0 Å². The third-order valence-electron chi connectivity index (χ3n) is 3.62. The number of hydrogen-bond donors (Lipinski definition) is 1. The molecule has 1 aromatic carbocycles. The number of carbonyl (C=O) groups excluding carboxylic acids is 2. The number of hydrogen-bond acceptors (Lipinski definition) is 4. The summed E-state index contributed by atoms with van der Waals surface area (Å²) in [6, 6.07) is 8.92. The maximum absolute atomic E-state index is 12.7. The molecule has 2 rings (SSSR count). The molecule has 0 bridgehead atoms. The number of ketones is 1. The molecule has 120 valence electrons. The summed E-state index contributed by atoms with van der Waals surface area (Å²) >= 11 is 0. The number of aryl methyl sites for hydroxylation is 1. The largest absolute Gasteiger partial charge is 0.383 e. The Morgan fingerprint density at radius 3 is 2.74 bits per heavy atom. The van der Waals surface area contributed by atoms with Crippen molar-refractivity contribution < 1.29 is 14.3 Å². The fourth-order valence-electron chi connectivity index (χ4n) is 2.55. The van der Waals surface area contributed by atoms with Crippen LogP contribution in [0.2, 0.25) is 0 Å². The third kappa shape index (κ3) is 3.41. The van der Waals surface area contributed by atoms with Crippen molar-refractivity contribution in [2.45, 2.75) is 13.0 Å². The van der Waals surface area contributed by atoms with E-state index in [2.05, 4.69) is 5.32 Å². The van der Waals surface area contributed by atoms with Gasteiger partial charge in [0.2, 0.25) is 5.91 Å². The summed E-state index contributed by atoms with van der Waals surface area (Å²) in [5.41, 5.74) is 1.25. The number of aromatic nitrogens is 1. The molecule has 0 saturated heterocycles. The highest BCUT2D eigenvalue weighted by atomic mass is 16.5. The summed E-state index contributed by atoms with van der Waals surface area (Å²) in [6.45, 7) is 2.06. The van der Waals surface area contributed by atoms with Crippen molar-refractivity contribution in [3.8, 4) is 6.07 Å². The minimum absolute atomic E-state index is 0.274. The van der Waals surface area contributed by atoms with Gasteiger partial charge in [0.1, 0.15) is 0 Å². The molecule has 0 aliphatic carbocycles. The van der Waals surface area contributed by atoms with E-state index in [0.29, 0.717) is 12.2 Å². The van der Waals surface area contributed by atoms with E-state index >= 15 is 0 Å².